The van der Waals surface area contributed by atoms with E-state index in [4.69, 9.17) is 29.2 Å². The smallest absolute Gasteiger partial charge is 0.348 e. The van der Waals surface area contributed by atoms with Gasteiger partial charge in [-0.05, 0) is 51.1 Å². The fourth-order valence-corrected chi connectivity index (χ4v) is 6.88. The molecule has 2 bridgehead atoms. The second-order valence-electron chi connectivity index (χ2n) is 11.4. The number of ether oxygens (including phenoxy) is 5. The van der Waals surface area contributed by atoms with Crippen molar-refractivity contribution in [3.8, 4) is 11.5 Å². The van der Waals surface area contributed by atoms with Gasteiger partial charge < -0.3 is 49.0 Å². The fraction of sp³-hybridized carbons (Fsp3) is 0.552. The van der Waals surface area contributed by atoms with Gasteiger partial charge in [0, 0.05) is 18.0 Å². The minimum Gasteiger partial charge on any atom is -0.493 e. The number of methoxy groups -OCH3 is 1. The predicted molar refractivity (Wildman–Crippen MR) is 144 cm³/mol. The normalized spacial score (nSPS) is 28.2. The van der Waals surface area contributed by atoms with Crippen LogP contribution in [0.5, 0.6) is 11.5 Å². The molecule has 44 heavy (non-hydrogen) atoms. The first-order valence-corrected chi connectivity index (χ1v) is 14.0. The van der Waals surface area contributed by atoms with Crippen molar-refractivity contribution in [3.63, 3.8) is 0 Å². The quantitative estimate of drug-likeness (QED) is 0.184. The number of benzene rings is 1. The van der Waals surface area contributed by atoms with Gasteiger partial charge in [-0.25, -0.2) is 14.4 Å². The molecule has 15 heteroatoms. The molecule has 4 N–H and O–H groups in total. The summed E-state index contributed by atoms with van der Waals surface area (Å²) in [7, 11) is 3.45. The summed E-state index contributed by atoms with van der Waals surface area (Å²) in [6, 6.07) is 3.50. The van der Waals surface area contributed by atoms with Crippen LogP contribution in [0.25, 0.3) is 0 Å². The molecule has 0 amide bonds. The summed E-state index contributed by atoms with van der Waals surface area (Å²) < 4.78 is 26.9. The van der Waals surface area contributed by atoms with Crippen LogP contribution in [-0.4, -0.2) is 112 Å². The molecular formula is C29H33NO14. The lowest BCUT2D eigenvalue weighted by atomic mass is 9.50. The first kappa shape index (κ1) is 31.2. The Morgan fingerprint density at radius 2 is 1.84 bits per heavy atom. The molecule has 1 fully saturated rings. The number of hydrogen-bond acceptors (Lipinski definition) is 13. The lowest BCUT2D eigenvalue weighted by molar-refractivity contribution is -0.179. The highest BCUT2D eigenvalue weighted by Gasteiger charge is 2.72. The largest absolute Gasteiger partial charge is 0.493 e. The summed E-state index contributed by atoms with van der Waals surface area (Å²) in [5.74, 6) is -6.00. The van der Waals surface area contributed by atoms with Crippen molar-refractivity contribution >= 4 is 29.8 Å². The Morgan fingerprint density at radius 3 is 2.50 bits per heavy atom. The molecule has 5 rings (SSSR count). The van der Waals surface area contributed by atoms with Crippen molar-refractivity contribution in [1.29, 1.82) is 0 Å². The second kappa shape index (κ2) is 11.4. The third-order valence-corrected chi connectivity index (χ3v) is 8.94. The number of hydrogen-bond donors (Lipinski definition) is 4. The summed E-state index contributed by atoms with van der Waals surface area (Å²) >= 11 is 0. The van der Waals surface area contributed by atoms with Gasteiger partial charge in [0.15, 0.2) is 29.8 Å². The maximum absolute atomic E-state index is 13.0. The Labute approximate surface area is 250 Å². The van der Waals surface area contributed by atoms with Gasteiger partial charge >= 0.3 is 29.8 Å². The Kier molecular flexibility index (Phi) is 8.07. The van der Waals surface area contributed by atoms with Gasteiger partial charge in [0.25, 0.3) is 0 Å². The zero-order valence-corrected chi connectivity index (χ0v) is 24.2. The van der Waals surface area contributed by atoms with Gasteiger partial charge in [0.1, 0.15) is 5.76 Å². The number of carboxylic acid groups (broad SMARTS) is 2. The van der Waals surface area contributed by atoms with E-state index >= 15 is 0 Å². The molecule has 15 nitrogen and oxygen atoms in total. The lowest BCUT2D eigenvalue weighted by Gasteiger charge is -2.61. The molecule has 0 aromatic heterocycles. The summed E-state index contributed by atoms with van der Waals surface area (Å²) in [6.45, 7) is 1.69. The topological polar surface area (TPSA) is 216 Å². The van der Waals surface area contributed by atoms with E-state index in [-0.39, 0.29) is 18.2 Å². The summed E-state index contributed by atoms with van der Waals surface area (Å²) in [5.41, 5.74) is -0.401. The SMILES string of the molecule is COc1ccc2c3c1O[C@@H]1C(OC(=O)[C@@H](O)CC(=O)O[C@@H](C)C(=O)O[C@@H](CC(=O)O)C(=O)O)=CC[C@]4(O)[C@H](C2)N(C)CC[C@@]314. The van der Waals surface area contributed by atoms with Gasteiger partial charge in [-0.2, -0.15) is 0 Å². The molecule has 0 saturated carbocycles. The number of carbonyl (C=O) groups excluding carboxylic acids is 3. The average Bonchev–Trinajstić information content (AvgIpc) is 3.31. The zero-order valence-electron chi connectivity index (χ0n) is 24.2. The van der Waals surface area contributed by atoms with Crippen molar-refractivity contribution in [2.24, 2.45) is 0 Å². The number of piperidine rings is 1. The first-order valence-electron chi connectivity index (χ1n) is 14.0. The van der Waals surface area contributed by atoms with E-state index in [1.54, 1.807) is 12.1 Å². The van der Waals surface area contributed by atoms with E-state index in [0.29, 0.717) is 30.9 Å². The van der Waals surface area contributed by atoms with E-state index in [2.05, 4.69) is 9.64 Å². The summed E-state index contributed by atoms with van der Waals surface area (Å²) in [4.78, 5) is 61.5. The van der Waals surface area contributed by atoms with Crippen molar-refractivity contribution < 1.29 is 68.1 Å². The van der Waals surface area contributed by atoms with Crippen LogP contribution in [0.1, 0.15) is 43.7 Å². The number of esters is 3. The minimum atomic E-state index is -2.02. The summed E-state index contributed by atoms with van der Waals surface area (Å²) in [5, 5.41) is 40.5. The second-order valence-corrected chi connectivity index (χ2v) is 11.4. The molecule has 238 valence electrons. The van der Waals surface area contributed by atoms with E-state index in [9.17, 15) is 34.2 Å². The Bertz CT molecular complexity index is 1440. The van der Waals surface area contributed by atoms with Crippen LogP contribution in [0.15, 0.2) is 24.0 Å². The highest BCUT2D eigenvalue weighted by molar-refractivity contribution is 5.86. The van der Waals surface area contributed by atoms with Crippen molar-refractivity contribution in [2.45, 2.75) is 80.5 Å². The van der Waals surface area contributed by atoms with E-state index in [0.717, 1.165) is 18.1 Å². The highest BCUT2D eigenvalue weighted by Crippen LogP contribution is 2.65. The Morgan fingerprint density at radius 1 is 1.11 bits per heavy atom. The van der Waals surface area contributed by atoms with Gasteiger partial charge in [-0.1, -0.05) is 6.07 Å². The zero-order chi connectivity index (χ0) is 32.1. The lowest BCUT2D eigenvalue weighted by Crippen LogP contribution is -2.74. The number of carboxylic acids is 2. The number of rotatable bonds is 11. The van der Waals surface area contributed by atoms with Gasteiger partial charge in [0.05, 0.1) is 31.0 Å². The molecular weight excluding hydrogens is 586 g/mol. The van der Waals surface area contributed by atoms with Crippen LogP contribution in [-0.2, 0) is 50.0 Å². The van der Waals surface area contributed by atoms with Crippen molar-refractivity contribution in [3.05, 3.63) is 35.1 Å². The van der Waals surface area contributed by atoms with E-state index in [1.807, 2.05) is 13.1 Å². The van der Waals surface area contributed by atoms with Crippen LogP contribution < -0.4 is 9.47 Å². The minimum absolute atomic E-state index is 0.0663. The third-order valence-electron chi connectivity index (χ3n) is 8.94. The summed E-state index contributed by atoms with van der Waals surface area (Å²) in [6.07, 6.45) is -5.79. The molecule has 1 aromatic rings. The molecule has 1 saturated heterocycles. The molecule has 1 aromatic carbocycles. The van der Waals surface area contributed by atoms with E-state index in [1.165, 1.54) is 7.11 Å². The third kappa shape index (κ3) is 4.94. The predicted octanol–water partition coefficient (Wildman–Crippen LogP) is -0.330. The fourth-order valence-electron chi connectivity index (χ4n) is 6.88. The monoisotopic (exact) mass is 619 g/mol. The first-order chi connectivity index (χ1) is 20.7. The molecule has 2 aliphatic carbocycles. The number of aliphatic hydroxyl groups excluding tert-OH is 1. The maximum Gasteiger partial charge on any atom is 0.348 e. The molecule has 0 radical (unpaired) electrons. The molecule has 2 heterocycles. The maximum atomic E-state index is 13.0. The number of aliphatic carboxylic acids is 2. The molecule has 2 aliphatic heterocycles. The van der Waals surface area contributed by atoms with Crippen LogP contribution in [0.3, 0.4) is 0 Å². The average molecular weight is 620 g/mol. The number of likely N-dealkylation sites (tertiary alicyclic amines) is 1. The van der Waals surface area contributed by atoms with Crippen LogP contribution in [0.4, 0.5) is 0 Å². The Hall–Kier alpha value is -4.21. The molecule has 1 spiro atoms. The number of nitrogens with zero attached hydrogens (tertiary/aromatic N) is 1. The van der Waals surface area contributed by atoms with Crippen molar-refractivity contribution in [2.75, 3.05) is 20.7 Å². The standard InChI is InChI=1S/C29H33NO14/c1-13(26(37)43-18(25(35)36)12-20(32)33)41-21(34)11-15(31)27(38)42-17-6-7-29(39)19-10-14-4-5-16(40-3)23-22(14)28(29,24(17)44-23)8-9-30(19)2/h4-6,13,15,18-19,24,31,39H,7-12H2,1-3H3,(H,32,33)(H,35,36)/t13-,15-,18-,19-,24+,28+,29-/m0/s1. The molecule has 4 aliphatic rings. The Balaban J connectivity index is 1.28. The van der Waals surface area contributed by atoms with Crippen LogP contribution in [0, 0.1) is 0 Å². The van der Waals surface area contributed by atoms with Crippen LogP contribution >= 0.6 is 0 Å². The van der Waals surface area contributed by atoms with Crippen molar-refractivity contribution in [1.82, 2.24) is 4.90 Å². The number of likely N-dealkylation sites (N-methyl/N-ethyl adjacent to an activating group) is 1. The number of aliphatic hydroxyl groups is 2. The van der Waals surface area contributed by atoms with Crippen LogP contribution in [0.2, 0.25) is 0 Å². The number of carbonyl (C=O) groups is 5. The van der Waals surface area contributed by atoms with Gasteiger partial charge in [-0.15, -0.1) is 0 Å². The molecule has 7 atom stereocenters. The highest BCUT2D eigenvalue weighted by atomic mass is 16.6. The van der Waals surface area contributed by atoms with E-state index < -0.39 is 78.1 Å². The van der Waals surface area contributed by atoms with Gasteiger partial charge in [0.2, 0.25) is 6.10 Å². The molecule has 0 unspecified atom stereocenters. The van der Waals surface area contributed by atoms with Gasteiger partial charge in [-0.3, -0.25) is 9.59 Å².